The Morgan fingerprint density at radius 1 is 1.03 bits per heavy atom. The van der Waals surface area contributed by atoms with Crippen LogP contribution in [0, 0.1) is 0 Å². The van der Waals surface area contributed by atoms with Gasteiger partial charge in [0, 0.05) is 17.8 Å². The van der Waals surface area contributed by atoms with E-state index in [0.717, 1.165) is 29.8 Å². The maximum atomic E-state index is 13.3. The summed E-state index contributed by atoms with van der Waals surface area (Å²) in [4.78, 5) is 39.8. The molecule has 2 atom stereocenters. The molecule has 2 N–H and O–H groups in total. The molecule has 1 heterocycles. The summed E-state index contributed by atoms with van der Waals surface area (Å²) in [6, 6.07) is 9.08. The summed E-state index contributed by atoms with van der Waals surface area (Å²) in [5, 5.41) is 5.06. The molecular formula is C24H26F3N3O4. The Labute approximate surface area is 195 Å². The van der Waals surface area contributed by atoms with Gasteiger partial charge in [-0.15, -0.1) is 0 Å². The summed E-state index contributed by atoms with van der Waals surface area (Å²) in [7, 11) is 0. The fourth-order valence-electron chi connectivity index (χ4n) is 3.59. The minimum absolute atomic E-state index is 0.168. The van der Waals surface area contributed by atoms with Crippen molar-refractivity contribution in [3.63, 3.8) is 0 Å². The Balaban J connectivity index is 1.79. The molecule has 0 aromatic heterocycles. The first-order valence-corrected chi connectivity index (χ1v) is 10.6. The lowest BCUT2D eigenvalue weighted by Crippen LogP contribution is -2.53. The highest BCUT2D eigenvalue weighted by molar-refractivity contribution is 6.09. The summed E-state index contributed by atoms with van der Waals surface area (Å²) >= 11 is 0. The number of carbonyl (C=O) groups excluding carboxylic acids is 3. The maximum absolute atomic E-state index is 13.3. The van der Waals surface area contributed by atoms with Crippen molar-refractivity contribution in [3.8, 4) is 0 Å². The number of hydrogen-bond acceptors (Lipinski definition) is 4. The third kappa shape index (κ3) is 5.86. The van der Waals surface area contributed by atoms with Crippen LogP contribution in [0.4, 0.5) is 29.3 Å². The zero-order valence-electron chi connectivity index (χ0n) is 19.2. The van der Waals surface area contributed by atoms with Gasteiger partial charge in [-0.1, -0.05) is 18.2 Å². The van der Waals surface area contributed by atoms with Crippen molar-refractivity contribution in [3.05, 3.63) is 59.7 Å². The van der Waals surface area contributed by atoms with Crippen molar-refractivity contribution >= 4 is 29.3 Å². The second-order valence-corrected chi connectivity index (χ2v) is 8.99. The third-order valence-corrected chi connectivity index (χ3v) is 5.10. The Bertz CT molecular complexity index is 1080. The quantitative estimate of drug-likeness (QED) is 0.678. The maximum Gasteiger partial charge on any atom is 0.416 e. The molecule has 182 valence electrons. The van der Waals surface area contributed by atoms with Crippen LogP contribution in [0.1, 0.15) is 38.8 Å². The SMILES string of the molecule is CC(NC(=O)OC(C)(C)C)C(=O)N1c2ccccc2CC1C(=O)Nc1ccc(C(F)(F)F)cc1. The standard InChI is InChI=1S/C24H26F3N3O4/c1-14(28-22(33)34-23(2,3)4)21(32)30-18-8-6-5-7-15(18)13-19(30)20(31)29-17-11-9-16(10-12-17)24(25,26)27/h5-12,14,19H,13H2,1-4H3,(H,28,33)(H,29,31). The predicted octanol–water partition coefficient (Wildman–Crippen LogP) is 4.52. The number of para-hydroxylation sites is 1. The molecule has 3 rings (SSSR count). The van der Waals surface area contributed by atoms with E-state index in [1.54, 1.807) is 45.0 Å². The van der Waals surface area contributed by atoms with Gasteiger partial charge in [-0.05, 0) is 63.6 Å². The van der Waals surface area contributed by atoms with Crippen molar-refractivity contribution in [1.29, 1.82) is 0 Å². The van der Waals surface area contributed by atoms with Crippen LogP contribution in [0.5, 0.6) is 0 Å². The molecule has 2 unspecified atom stereocenters. The topological polar surface area (TPSA) is 87.7 Å². The number of fused-ring (bicyclic) bond motifs is 1. The van der Waals surface area contributed by atoms with E-state index in [1.165, 1.54) is 11.8 Å². The number of nitrogens with zero attached hydrogens (tertiary/aromatic N) is 1. The minimum atomic E-state index is -4.49. The highest BCUT2D eigenvalue weighted by Crippen LogP contribution is 2.34. The molecule has 34 heavy (non-hydrogen) atoms. The molecule has 2 aromatic carbocycles. The van der Waals surface area contributed by atoms with Crippen LogP contribution in [0.3, 0.4) is 0 Å². The molecule has 2 aromatic rings. The van der Waals surface area contributed by atoms with Gasteiger partial charge < -0.3 is 15.4 Å². The van der Waals surface area contributed by atoms with Crippen LogP contribution in [-0.4, -0.2) is 35.6 Å². The van der Waals surface area contributed by atoms with E-state index in [1.807, 2.05) is 0 Å². The largest absolute Gasteiger partial charge is 0.444 e. The second-order valence-electron chi connectivity index (χ2n) is 8.99. The van der Waals surface area contributed by atoms with Crippen molar-refractivity contribution in [2.45, 2.75) is 58.0 Å². The van der Waals surface area contributed by atoms with Crippen LogP contribution >= 0.6 is 0 Å². The molecule has 3 amide bonds. The predicted molar refractivity (Wildman–Crippen MR) is 120 cm³/mol. The number of carbonyl (C=O) groups is 3. The average molecular weight is 477 g/mol. The molecule has 1 aliphatic heterocycles. The van der Waals surface area contributed by atoms with Gasteiger partial charge >= 0.3 is 12.3 Å². The molecule has 0 saturated heterocycles. The van der Waals surface area contributed by atoms with Gasteiger partial charge in [-0.3, -0.25) is 14.5 Å². The first-order chi connectivity index (χ1) is 15.8. The Kier molecular flexibility index (Phi) is 6.90. The number of alkyl halides is 3. The summed E-state index contributed by atoms with van der Waals surface area (Å²) in [5.74, 6) is -1.09. The molecule has 0 bridgehead atoms. The van der Waals surface area contributed by atoms with E-state index >= 15 is 0 Å². The minimum Gasteiger partial charge on any atom is -0.444 e. The van der Waals surface area contributed by atoms with Crippen LogP contribution in [-0.2, 0) is 26.9 Å². The second kappa shape index (κ2) is 9.36. The van der Waals surface area contributed by atoms with Gasteiger partial charge in [-0.25, -0.2) is 4.79 Å². The number of hydrogen-bond donors (Lipinski definition) is 2. The van der Waals surface area contributed by atoms with E-state index in [0.29, 0.717) is 5.69 Å². The van der Waals surface area contributed by atoms with Gasteiger partial charge in [0.05, 0.1) is 5.56 Å². The monoisotopic (exact) mass is 477 g/mol. The van der Waals surface area contributed by atoms with E-state index in [2.05, 4.69) is 10.6 Å². The highest BCUT2D eigenvalue weighted by Gasteiger charge is 2.40. The number of benzene rings is 2. The fraction of sp³-hybridized carbons (Fsp3) is 0.375. The summed E-state index contributed by atoms with van der Waals surface area (Å²) < 4.78 is 43.6. The third-order valence-electron chi connectivity index (χ3n) is 5.10. The number of halogens is 3. The van der Waals surface area contributed by atoms with E-state index in [9.17, 15) is 27.6 Å². The van der Waals surface area contributed by atoms with Crippen LogP contribution < -0.4 is 15.5 Å². The molecule has 10 heteroatoms. The van der Waals surface area contributed by atoms with Gasteiger partial charge in [0.15, 0.2) is 0 Å². The Morgan fingerprint density at radius 3 is 2.24 bits per heavy atom. The summed E-state index contributed by atoms with van der Waals surface area (Å²) in [6.07, 6.45) is -5.05. The van der Waals surface area contributed by atoms with E-state index < -0.39 is 47.3 Å². The molecule has 0 spiro atoms. The fourth-order valence-corrected chi connectivity index (χ4v) is 3.59. The number of nitrogens with one attached hydrogen (secondary N) is 2. The molecular weight excluding hydrogens is 451 g/mol. The lowest BCUT2D eigenvalue weighted by Gasteiger charge is -2.28. The lowest BCUT2D eigenvalue weighted by atomic mass is 10.1. The normalized spacial score (nSPS) is 16.4. The van der Waals surface area contributed by atoms with Crippen molar-refractivity contribution < 1.29 is 32.3 Å². The molecule has 0 fully saturated rings. The van der Waals surface area contributed by atoms with Gasteiger partial charge in [-0.2, -0.15) is 13.2 Å². The van der Waals surface area contributed by atoms with Crippen LogP contribution in [0.25, 0.3) is 0 Å². The number of anilines is 2. The lowest BCUT2D eigenvalue weighted by molar-refractivity contribution is -0.137. The number of amides is 3. The van der Waals surface area contributed by atoms with Crippen molar-refractivity contribution in [2.24, 2.45) is 0 Å². The smallest absolute Gasteiger partial charge is 0.416 e. The zero-order valence-corrected chi connectivity index (χ0v) is 19.2. The first-order valence-electron chi connectivity index (χ1n) is 10.6. The van der Waals surface area contributed by atoms with E-state index in [-0.39, 0.29) is 12.1 Å². The van der Waals surface area contributed by atoms with Gasteiger partial charge in [0.25, 0.3) is 0 Å². The van der Waals surface area contributed by atoms with Crippen LogP contribution in [0.2, 0.25) is 0 Å². The molecule has 0 aliphatic carbocycles. The molecule has 0 saturated carbocycles. The van der Waals surface area contributed by atoms with Gasteiger partial charge in [0.1, 0.15) is 17.7 Å². The summed E-state index contributed by atoms with van der Waals surface area (Å²) in [5.41, 5.74) is -0.137. The average Bonchev–Trinajstić information content (AvgIpc) is 3.11. The number of rotatable bonds is 4. The molecule has 0 radical (unpaired) electrons. The van der Waals surface area contributed by atoms with Crippen LogP contribution in [0.15, 0.2) is 48.5 Å². The van der Waals surface area contributed by atoms with E-state index in [4.69, 9.17) is 4.74 Å². The first kappa shape index (κ1) is 25.1. The number of alkyl carbamates (subject to hydrolysis) is 1. The van der Waals surface area contributed by atoms with Crippen molar-refractivity contribution in [2.75, 3.05) is 10.2 Å². The Hall–Kier alpha value is -3.56. The molecule has 7 nitrogen and oxygen atoms in total. The highest BCUT2D eigenvalue weighted by atomic mass is 19.4. The summed E-state index contributed by atoms with van der Waals surface area (Å²) in [6.45, 7) is 6.56. The molecule has 1 aliphatic rings. The van der Waals surface area contributed by atoms with Gasteiger partial charge in [0.2, 0.25) is 11.8 Å². The Morgan fingerprint density at radius 2 is 1.65 bits per heavy atom. The number of ether oxygens (including phenoxy) is 1. The van der Waals surface area contributed by atoms with Crippen molar-refractivity contribution in [1.82, 2.24) is 5.32 Å². The zero-order chi connectivity index (χ0) is 25.3.